The lowest BCUT2D eigenvalue weighted by Gasteiger charge is -2.08. The molecule has 0 aliphatic rings. The Morgan fingerprint density at radius 3 is 1.31 bits per heavy atom. The molecule has 0 saturated carbocycles. The summed E-state index contributed by atoms with van der Waals surface area (Å²) in [6.07, 6.45) is 13.1. The number of allylic oxidation sites excluding steroid dienone is 2. The smallest absolute Gasteiger partial charge is 0.111 e. The Bertz CT molecular complexity index is 316. The molecule has 4 nitrogen and oxygen atoms in total. The molecular weight excluding hydrogens is 328 g/mol. The van der Waals surface area contributed by atoms with Crippen LogP contribution < -0.4 is 0 Å². The maximum atomic E-state index is 5.55. The quantitative estimate of drug-likeness (QED) is 0.206. The van der Waals surface area contributed by atoms with Gasteiger partial charge in [0.2, 0.25) is 0 Å². The normalized spacial score (nSPS) is 12.5. The van der Waals surface area contributed by atoms with Crippen molar-refractivity contribution in [3.05, 3.63) is 23.7 Å². The lowest BCUT2D eigenvalue weighted by atomic mass is 10.1. The molecule has 0 atom stereocenters. The van der Waals surface area contributed by atoms with Gasteiger partial charge >= 0.3 is 0 Å². The van der Waals surface area contributed by atoms with Crippen molar-refractivity contribution in [2.45, 2.75) is 79.1 Å². The van der Waals surface area contributed by atoms with Gasteiger partial charge in [0.1, 0.15) is 13.2 Å². The molecule has 0 aromatic carbocycles. The molecule has 4 heteroatoms. The summed E-state index contributed by atoms with van der Waals surface area (Å²) in [5.74, 6) is 0. The van der Waals surface area contributed by atoms with Gasteiger partial charge in [-0.3, -0.25) is 0 Å². The number of unbranched alkanes of at least 4 members (excludes halogenated alkanes) is 2. The Kier molecular flexibility index (Phi) is 19.5. The second kappa shape index (κ2) is 20.3. The third kappa shape index (κ3) is 16.5. The minimum Gasteiger partial charge on any atom is -0.499 e. The van der Waals surface area contributed by atoms with E-state index < -0.39 is 0 Å². The van der Waals surface area contributed by atoms with Crippen LogP contribution in [0.4, 0.5) is 0 Å². The molecule has 0 saturated heterocycles. The summed E-state index contributed by atoms with van der Waals surface area (Å²) >= 11 is 0. The lowest BCUT2D eigenvalue weighted by Crippen LogP contribution is -2.10. The molecule has 0 fully saturated rings. The number of hydrogen-bond acceptors (Lipinski definition) is 4. The largest absolute Gasteiger partial charge is 0.499 e. The van der Waals surface area contributed by atoms with Gasteiger partial charge in [0.15, 0.2) is 0 Å². The zero-order valence-corrected chi connectivity index (χ0v) is 17.7. The van der Waals surface area contributed by atoms with E-state index in [2.05, 4.69) is 27.7 Å². The van der Waals surface area contributed by atoms with Crippen molar-refractivity contribution in [3.8, 4) is 0 Å². The highest BCUT2D eigenvalue weighted by Gasteiger charge is 1.96. The third-order valence-electron chi connectivity index (χ3n) is 4.17. The third-order valence-corrected chi connectivity index (χ3v) is 4.17. The van der Waals surface area contributed by atoms with Crippen molar-refractivity contribution in [2.75, 3.05) is 39.6 Å². The molecule has 0 aromatic rings. The topological polar surface area (TPSA) is 36.9 Å². The van der Waals surface area contributed by atoms with Crippen molar-refractivity contribution in [1.29, 1.82) is 0 Å². The molecule has 0 unspecified atom stereocenters. The van der Waals surface area contributed by atoms with Gasteiger partial charge in [0.25, 0.3) is 0 Å². The molecule has 0 amide bonds. The molecule has 0 spiro atoms. The molecule has 0 radical (unpaired) electrons. The van der Waals surface area contributed by atoms with Crippen molar-refractivity contribution in [2.24, 2.45) is 0 Å². The zero-order chi connectivity index (χ0) is 19.3. The Morgan fingerprint density at radius 1 is 0.577 bits per heavy atom. The minimum atomic E-state index is 0.593. The highest BCUT2D eigenvalue weighted by atomic mass is 16.6. The molecule has 0 aliphatic carbocycles. The van der Waals surface area contributed by atoms with Crippen LogP contribution in [0.15, 0.2) is 23.7 Å². The van der Waals surface area contributed by atoms with Crippen LogP contribution >= 0.6 is 0 Å². The Labute approximate surface area is 161 Å². The van der Waals surface area contributed by atoms with E-state index in [4.69, 9.17) is 18.9 Å². The highest BCUT2D eigenvalue weighted by Crippen LogP contribution is 2.11. The van der Waals surface area contributed by atoms with Crippen molar-refractivity contribution in [1.82, 2.24) is 0 Å². The molecule has 0 heterocycles. The summed E-state index contributed by atoms with van der Waals surface area (Å²) < 4.78 is 22.1. The fraction of sp³-hybridized carbons (Fsp3) is 0.818. The first-order valence-electron chi connectivity index (χ1n) is 10.5. The molecule has 26 heavy (non-hydrogen) atoms. The number of ether oxygens (including phenoxy) is 4. The summed E-state index contributed by atoms with van der Waals surface area (Å²) in [6, 6.07) is 0. The standard InChI is InChI=1S/C22H42O4/c1-5-9-11-21(7-3)19-25-17-15-23-13-14-24-16-18-26-20-22(8-4)12-10-6-2/h19-20H,5-18H2,1-4H3. The maximum absolute atomic E-state index is 5.55. The van der Waals surface area contributed by atoms with Crippen LogP contribution in [0.3, 0.4) is 0 Å². The molecule has 154 valence electrons. The molecule has 0 aliphatic heterocycles. The average molecular weight is 371 g/mol. The van der Waals surface area contributed by atoms with Gasteiger partial charge in [-0.2, -0.15) is 0 Å². The minimum absolute atomic E-state index is 0.593. The predicted octanol–water partition coefficient (Wildman–Crippen LogP) is 6.02. The summed E-state index contributed by atoms with van der Waals surface area (Å²) in [5.41, 5.74) is 2.76. The maximum Gasteiger partial charge on any atom is 0.111 e. The SMILES string of the molecule is CCCCC(=COCCOCCOCCOC=C(CC)CCCC)CC. The molecule has 0 N–H and O–H groups in total. The van der Waals surface area contributed by atoms with Crippen molar-refractivity contribution >= 4 is 0 Å². The van der Waals surface area contributed by atoms with Crippen LogP contribution in [0.5, 0.6) is 0 Å². The first kappa shape index (κ1) is 25.0. The molecule has 0 bridgehead atoms. The summed E-state index contributed by atoms with van der Waals surface area (Å²) in [6.45, 7) is 12.3. The van der Waals surface area contributed by atoms with E-state index in [0.29, 0.717) is 39.6 Å². The van der Waals surface area contributed by atoms with Crippen LogP contribution in [-0.4, -0.2) is 39.6 Å². The van der Waals surface area contributed by atoms with Crippen LogP contribution in [-0.2, 0) is 18.9 Å². The van der Waals surface area contributed by atoms with Crippen molar-refractivity contribution < 1.29 is 18.9 Å². The first-order valence-corrected chi connectivity index (χ1v) is 10.5. The summed E-state index contributed by atoms with van der Waals surface area (Å²) in [7, 11) is 0. The fourth-order valence-corrected chi connectivity index (χ4v) is 2.34. The van der Waals surface area contributed by atoms with Crippen LogP contribution in [0.25, 0.3) is 0 Å². The molecule has 0 rings (SSSR count). The van der Waals surface area contributed by atoms with Crippen LogP contribution in [0.2, 0.25) is 0 Å². The highest BCUT2D eigenvalue weighted by molar-refractivity contribution is 4.97. The fourth-order valence-electron chi connectivity index (χ4n) is 2.34. The van der Waals surface area contributed by atoms with Gasteiger partial charge in [-0.05, 0) is 49.7 Å². The van der Waals surface area contributed by atoms with Crippen LogP contribution in [0.1, 0.15) is 79.1 Å². The monoisotopic (exact) mass is 370 g/mol. The Balaban J connectivity index is 3.45. The second-order valence-electron chi connectivity index (χ2n) is 6.43. The van der Waals surface area contributed by atoms with Gasteiger partial charge in [0.05, 0.1) is 39.0 Å². The van der Waals surface area contributed by atoms with E-state index in [-0.39, 0.29) is 0 Å². The molecular formula is C22H42O4. The average Bonchev–Trinajstić information content (AvgIpc) is 2.67. The van der Waals surface area contributed by atoms with E-state index in [0.717, 1.165) is 25.7 Å². The van der Waals surface area contributed by atoms with Gasteiger partial charge in [0, 0.05) is 0 Å². The van der Waals surface area contributed by atoms with E-state index in [1.54, 1.807) is 0 Å². The van der Waals surface area contributed by atoms with Crippen LogP contribution in [0, 0.1) is 0 Å². The number of hydrogen-bond donors (Lipinski definition) is 0. The second-order valence-corrected chi connectivity index (χ2v) is 6.43. The van der Waals surface area contributed by atoms with E-state index in [1.807, 2.05) is 12.5 Å². The number of rotatable bonds is 19. The molecule has 0 aromatic heterocycles. The van der Waals surface area contributed by atoms with Gasteiger partial charge in [-0.25, -0.2) is 0 Å². The van der Waals surface area contributed by atoms with E-state index in [9.17, 15) is 0 Å². The first-order chi connectivity index (χ1) is 12.8. The van der Waals surface area contributed by atoms with E-state index >= 15 is 0 Å². The summed E-state index contributed by atoms with van der Waals surface area (Å²) in [4.78, 5) is 0. The predicted molar refractivity (Wildman–Crippen MR) is 109 cm³/mol. The van der Waals surface area contributed by atoms with Crippen molar-refractivity contribution in [3.63, 3.8) is 0 Å². The van der Waals surface area contributed by atoms with Gasteiger partial charge in [-0.1, -0.05) is 40.5 Å². The zero-order valence-electron chi connectivity index (χ0n) is 17.7. The Morgan fingerprint density at radius 2 is 0.962 bits per heavy atom. The Hall–Kier alpha value is -1.00. The van der Waals surface area contributed by atoms with E-state index in [1.165, 1.54) is 36.8 Å². The van der Waals surface area contributed by atoms with Gasteiger partial charge < -0.3 is 18.9 Å². The lowest BCUT2D eigenvalue weighted by molar-refractivity contribution is 0.0181. The summed E-state index contributed by atoms with van der Waals surface area (Å²) in [5, 5.41) is 0. The van der Waals surface area contributed by atoms with Gasteiger partial charge in [-0.15, -0.1) is 0 Å².